The Kier molecular flexibility index (Phi) is 13.0. The van der Waals surface area contributed by atoms with Crippen LogP contribution < -0.4 is 20.6 Å². The zero-order valence-electron chi connectivity index (χ0n) is 31.8. The van der Waals surface area contributed by atoms with Crippen LogP contribution in [0.4, 0.5) is 4.79 Å². The average molecular weight is 826 g/mol. The molecule has 1 unspecified atom stereocenters. The number of nitrogens with one attached hydrogen (secondary N) is 1. The third kappa shape index (κ3) is 9.88. The van der Waals surface area contributed by atoms with Crippen LogP contribution in [0, 0.1) is 0 Å². The number of rotatable bonds is 13. The minimum absolute atomic E-state index is 0.00997. The molecule has 294 valence electrons. The van der Waals surface area contributed by atoms with Gasteiger partial charge in [0.15, 0.2) is 8.32 Å². The molecule has 55 heavy (non-hydrogen) atoms. The number of fused-ring (bicyclic) bond motifs is 2. The van der Waals surface area contributed by atoms with E-state index in [0.29, 0.717) is 10.8 Å². The second-order valence-electron chi connectivity index (χ2n) is 14.5. The predicted octanol–water partition coefficient (Wildman–Crippen LogP) is 5.05. The quantitative estimate of drug-likeness (QED) is 0.0640. The number of sulfonamides is 1. The summed E-state index contributed by atoms with van der Waals surface area (Å²) < 4.78 is 71.9. The summed E-state index contributed by atoms with van der Waals surface area (Å²) in [7, 11) is -12.7. The number of hydrogen-bond acceptors (Lipinski definition) is 9. The lowest BCUT2D eigenvalue weighted by atomic mass is 10.2. The van der Waals surface area contributed by atoms with Crippen LogP contribution in [0.3, 0.4) is 0 Å². The van der Waals surface area contributed by atoms with Crippen LogP contribution >= 0.6 is 7.26 Å². The Labute approximate surface area is 326 Å². The molecule has 6 rings (SSSR count). The molecule has 3 aromatic carbocycles. The molecule has 2 bridgehead atoms. The summed E-state index contributed by atoms with van der Waals surface area (Å²) in [5.41, 5.74) is 0.428. The number of carbonyl (C=O) groups excluding carboxylic acids is 1. The summed E-state index contributed by atoms with van der Waals surface area (Å²) in [5.74, 6) is 2.41. The highest BCUT2D eigenvalue weighted by Crippen LogP contribution is 2.56. The second kappa shape index (κ2) is 17.0. The summed E-state index contributed by atoms with van der Waals surface area (Å²) in [6, 6.07) is 31.0. The molecule has 13 nitrogen and oxygen atoms in total. The number of amides is 2. The first kappa shape index (κ1) is 42.2. The van der Waals surface area contributed by atoms with Gasteiger partial charge in [0.1, 0.15) is 34.1 Å². The number of hydrogen-bond donors (Lipinski definition) is 1. The molecule has 2 amide bonds. The maximum absolute atomic E-state index is 12.6. The zero-order chi connectivity index (χ0) is 40.1. The van der Waals surface area contributed by atoms with Gasteiger partial charge in [-0.25, -0.2) is 31.0 Å². The van der Waals surface area contributed by atoms with Crippen molar-refractivity contribution in [1.82, 2.24) is 24.5 Å². The molecule has 1 fully saturated rings. The minimum Gasteiger partial charge on any atom is -0.724 e. The van der Waals surface area contributed by atoms with Crippen LogP contribution in [0.5, 0.6) is 0 Å². The van der Waals surface area contributed by atoms with Gasteiger partial charge in [-0.3, -0.25) is 0 Å². The zero-order valence-corrected chi connectivity index (χ0v) is 35.3. The van der Waals surface area contributed by atoms with Gasteiger partial charge in [0.05, 0.1) is 30.5 Å². The molecule has 4 aromatic rings. The Morgan fingerprint density at radius 3 is 1.93 bits per heavy atom. The van der Waals surface area contributed by atoms with E-state index in [-0.39, 0.29) is 36.2 Å². The fourth-order valence-electron chi connectivity index (χ4n) is 6.02. The molecule has 2 aliphatic rings. The molecule has 1 saturated heterocycles. The van der Waals surface area contributed by atoms with Crippen molar-refractivity contribution in [2.45, 2.75) is 56.8 Å². The van der Waals surface area contributed by atoms with Gasteiger partial charge in [-0.05, 0) is 67.5 Å². The molecule has 0 aliphatic carbocycles. The lowest BCUT2D eigenvalue weighted by molar-refractivity contribution is -0.0195. The Morgan fingerprint density at radius 2 is 1.45 bits per heavy atom. The van der Waals surface area contributed by atoms with Gasteiger partial charge in [-0.2, -0.15) is 14.4 Å². The van der Waals surface area contributed by atoms with Crippen molar-refractivity contribution in [3.05, 3.63) is 121 Å². The first-order valence-electron chi connectivity index (χ1n) is 17.7. The summed E-state index contributed by atoms with van der Waals surface area (Å²) in [4.78, 5) is 13.4. The van der Waals surface area contributed by atoms with E-state index >= 15 is 0 Å². The molecule has 1 N–H and O–H groups in total. The number of carbonyl (C=O) groups is 1. The van der Waals surface area contributed by atoms with Crippen LogP contribution in [-0.2, 0) is 29.1 Å². The number of nitrogens with zero attached hydrogens (tertiary/aromatic N) is 4. The number of hydroxylamine groups is 2. The Morgan fingerprint density at radius 1 is 0.927 bits per heavy atom. The van der Waals surface area contributed by atoms with E-state index in [1.165, 1.54) is 44.0 Å². The van der Waals surface area contributed by atoms with Gasteiger partial charge in [0.2, 0.25) is 20.4 Å². The van der Waals surface area contributed by atoms with Crippen LogP contribution in [0.1, 0.15) is 27.7 Å². The molecule has 3 heterocycles. The maximum Gasteiger partial charge on any atom is 0.346 e. The third-order valence-electron chi connectivity index (χ3n) is 9.77. The molecule has 0 saturated carbocycles. The Hall–Kier alpha value is -3.99. The van der Waals surface area contributed by atoms with Crippen molar-refractivity contribution in [2.75, 3.05) is 26.2 Å². The fraction of sp³-hybridized carbons (Fsp3) is 0.316. The minimum atomic E-state index is -5.12. The summed E-state index contributed by atoms with van der Waals surface area (Å²) in [5, 5.41) is 8.73. The van der Waals surface area contributed by atoms with Gasteiger partial charge < -0.3 is 13.9 Å². The highest BCUT2D eigenvalue weighted by Gasteiger charge is 2.44. The number of benzene rings is 3. The lowest BCUT2D eigenvalue weighted by Crippen LogP contribution is -2.42. The first-order valence-corrected chi connectivity index (χ1v) is 25.3. The molecular weight excluding hydrogens is 778 g/mol. The normalized spacial score (nSPS) is 16.6. The Bertz CT molecular complexity index is 2120. The van der Waals surface area contributed by atoms with Crippen LogP contribution in [0.2, 0.25) is 18.1 Å². The lowest BCUT2D eigenvalue weighted by Gasteiger charge is -2.36. The predicted molar refractivity (Wildman–Crippen MR) is 218 cm³/mol. The van der Waals surface area contributed by atoms with Crippen LogP contribution in [0.25, 0.3) is 5.70 Å². The molecule has 0 radical (unpaired) electrons. The van der Waals surface area contributed by atoms with Crippen LogP contribution in [-0.4, -0.2) is 87.8 Å². The van der Waals surface area contributed by atoms with Crippen molar-refractivity contribution in [3.63, 3.8) is 0 Å². The van der Waals surface area contributed by atoms with E-state index in [9.17, 15) is 26.2 Å². The van der Waals surface area contributed by atoms with E-state index in [1.54, 1.807) is 0 Å². The van der Waals surface area contributed by atoms with Gasteiger partial charge >= 0.3 is 6.03 Å². The Balaban J connectivity index is 0.000000228. The first-order chi connectivity index (χ1) is 25.9. The standard InChI is InChI=1S/C21H20P.C17H29N5O8S2Si/c1-2-18-22(19-12-6-3-7-13-19,20-14-8-4-9-15-20)21-16-10-5-11-17-21;1-17(2,3)33(4,5)29-7-6-19-31(24,25)15-9-18-21(12-15)13-8-14-11-20(10-13)16(23)22(14)30-32(26,27)28/h2-18H,1H3;8-9,12,14,19H,6-7,10-11H2,1-5H3,(H,26,27,28)/q+1;/p-1/b18-2+;. The van der Waals surface area contributed by atoms with Gasteiger partial charge in [-0.1, -0.05) is 81.4 Å². The summed E-state index contributed by atoms with van der Waals surface area (Å²) in [6.45, 7) is 13.1. The topological polar surface area (TPSA) is 163 Å². The van der Waals surface area contributed by atoms with Gasteiger partial charge in [0, 0.05) is 19.7 Å². The summed E-state index contributed by atoms with van der Waals surface area (Å²) >= 11 is 0. The van der Waals surface area contributed by atoms with Crippen LogP contribution in [0.15, 0.2) is 126 Å². The molecule has 2 aliphatic heterocycles. The molecule has 1 atom stereocenters. The van der Waals surface area contributed by atoms with Gasteiger partial charge in [-0.15, -0.1) is 0 Å². The van der Waals surface area contributed by atoms with E-state index < -0.39 is 48.1 Å². The van der Waals surface area contributed by atoms with Crippen molar-refractivity contribution in [3.8, 4) is 0 Å². The summed E-state index contributed by atoms with van der Waals surface area (Å²) in [6.07, 6.45) is 6.15. The van der Waals surface area contributed by atoms with Crippen molar-refractivity contribution < 1.29 is 34.9 Å². The SMILES string of the molecule is C/C=C/[P+](c1ccccc1)(c1ccccc1)c1ccccc1.CC(C)(C)[Si](C)(C)OCCNS(=O)(=O)c1cnn(C2=CC3CN(C2)C(=O)N3OS(=O)(=O)[O-])c1. The molecule has 1 aromatic heterocycles. The third-order valence-corrected chi connectivity index (χ3v) is 20.1. The molecular formula is C38H48N5O8PS2Si. The molecule has 0 spiro atoms. The van der Waals surface area contributed by atoms with Gasteiger partial charge in [0.25, 0.3) is 0 Å². The number of allylic oxidation sites excluding steroid dienone is 1. The highest BCUT2D eigenvalue weighted by molar-refractivity contribution is 7.98. The maximum atomic E-state index is 12.6. The highest BCUT2D eigenvalue weighted by atomic mass is 32.3. The van der Waals surface area contributed by atoms with Crippen molar-refractivity contribution in [2.24, 2.45) is 0 Å². The molecule has 17 heteroatoms. The monoisotopic (exact) mass is 825 g/mol. The fourth-order valence-corrected chi connectivity index (χ4v) is 12.2. The largest absolute Gasteiger partial charge is 0.724 e. The van der Waals surface area contributed by atoms with E-state index in [2.05, 4.69) is 158 Å². The van der Waals surface area contributed by atoms with E-state index in [0.717, 1.165) is 0 Å². The second-order valence-corrected chi connectivity index (χ2v) is 25.4. The van der Waals surface area contributed by atoms with E-state index in [4.69, 9.17) is 4.43 Å². The number of aromatic nitrogens is 2. The van der Waals surface area contributed by atoms with Crippen molar-refractivity contribution in [1.29, 1.82) is 0 Å². The van der Waals surface area contributed by atoms with E-state index in [1.807, 2.05) is 0 Å². The average Bonchev–Trinajstić information content (AvgIpc) is 3.73. The number of urea groups is 1. The smallest absolute Gasteiger partial charge is 0.346 e. The van der Waals surface area contributed by atoms with Crippen molar-refractivity contribution >= 4 is 63.6 Å².